The van der Waals surface area contributed by atoms with E-state index in [-0.39, 0.29) is 12.1 Å². The molecule has 0 radical (unpaired) electrons. The second-order valence-corrected chi connectivity index (χ2v) is 6.35. The number of rotatable bonds is 4. The maximum absolute atomic E-state index is 14.3. The number of nitrogens with one attached hydrogen (secondary N) is 1. The van der Waals surface area contributed by atoms with Gasteiger partial charge >= 0.3 is 6.09 Å². The second-order valence-electron chi connectivity index (χ2n) is 6.35. The molecular formula is C19H19F3N2O2. The molecule has 26 heavy (non-hydrogen) atoms. The van der Waals surface area contributed by atoms with E-state index in [1.807, 2.05) is 6.07 Å². The van der Waals surface area contributed by atoms with Crippen LogP contribution in [0.5, 0.6) is 0 Å². The molecule has 1 aliphatic rings. The third-order valence-electron chi connectivity index (χ3n) is 4.73. The van der Waals surface area contributed by atoms with Crippen LogP contribution in [0.2, 0.25) is 0 Å². The third kappa shape index (κ3) is 3.83. The van der Waals surface area contributed by atoms with Gasteiger partial charge in [-0.25, -0.2) is 18.0 Å². The number of halogens is 3. The van der Waals surface area contributed by atoms with E-state index in [4.69, 9.17) is 0 Å². The van der Waals surface area contributed by atoms with Crippen LogP contribution in [0.3, 0.4) is 0 Å². The van der Waals surface area contributed by atoms with Crippen molar-refractivity contribution in [1.29, 1.82) is 0 Å². The molecule has 0 unspecified atom stereocenters. The number of amides is 1. The lowest BCUT2D eigenvalue weighted by molar-refractivity contribution is 0.102. The molecule has 1 aliphatic heterocycles. The number of nitrogens with zero attached hydrogens (tertiary/aromatic N) is 1. The molecule has 2 atom stereocenters. The topological polar surface area (TPSA) is 52.6 Å². The molecule has 138 valence electrons. The normalized spacial score (nSPS) is 20.0. The summed E-state index contributed by atoms with van der Waals surface area (Å²) in [6, 6.07) is 9.82. The Morgan fingerprint density at radius 3 is 2.50 bits per heavy atom. The fraction of sp³-hybridized carbons (Fsp3) is 0.316. The van der Waals surface area contributed by atoms with Gasteiger partial charge in [0.15, 0.2) is 11.6 Å². The van der Waals surface area contributed by atoms with Gasteiger partial charge < -0.3 is 10.4 Å². The minimum absolute atomic E-state index is 0.00899. The molecular weight excluding hydrogens is 345 g/mol. The van der Waals surface area contributed by atoms with Gasteiger partial charge in [-0.1, -0.05) is 30.3 Å². The van der Waals surface area contributed by atoms with Crippen LogP contribution in [-0.4, -0.2) is 35.2 Å². The van der Waals surface area contributed by atoms with Crippen molar-refractivity contribution in [2.75, 3.05) is 13.1 Å². The van der Waals surface area contributed by atoms with Crippen LogP contribution in [0.1, 0.15) is 23.5 Å². The Morgan fingerprint density at radius 2 is 1.81 bits per heavy atom. The molecule has 0 spiro atoms. The fourth-order valence-electron chi connectivity index (χ4n) is 3.46. The van der Waals surface area contributed by atoms with E-state index in [0.29, 0.717) is 25.6 Å². The van der Waals surface area contributed by atoms with Crippen LogP contribution in [-0.2, 0) is 6.54 Å². The van der Waals surface area contributed by atoms with E-state index in [1.54, 1.807) is 24.3 Å². The molecule has 2 aromatic rings. The lowest BCUT2D eigenvalue weighted by Crippen LogP contribution is -2.52. The van der Waals surface area contributed by atoms with E-state index in [9.17, 15) is 23.1 Å². The smallest absolute Gasteiger partial charge is 0.407 e. The molecule has 1 amide bonds. The lowest BCUT2D eigenvalue weighted by atomic mass is 9.84. The summed E-state index contributed by atoms with van der Waals surface area (Å²) in [7, 11) is 0. The van der Waals surface area contributed by atoms with E-state index < -0.39 is 35.5 Å². The number of benzene rings is 2. The summed E-state index contributed by atoms with van der Waals surface area (Å²) in [6.07, 6.45) is -0.721. The maximum atomic E-state index is 14.3. The molecule has 1 saturated heterocycles. The first-order chi connectivity index (χ1) is 12.5. The molecule has 0 saturated carbocycles. The van der Waals surface area contributed by atoms with Crippen molar-refractivity contribution >= 4 is 6.09 Å². The minimum atomic E-state index is -1.25. The van der Waals surface area contributed by atoms with Crippen molar-refractivity contribution in [2.24, 2.45) is 0 Å². The Labute approximate surface area is 149 Å². The Morgan fingerprint density at radius 1 is 1.12 bits per heavy atom. The molecule has 2 aromatic carbocycles. The van der Waals surface area contributed by atoms with Gasteiger partial charge in [0, 0.05) is 25.1 Å². The monoisotopic (exact) mass is 364 g/mol. The first kappa shape index (κ1) is 18.3. The van der Waals surface area contributed by atoms with Gasteiger partial charge in [-0.05, 0) is 30.2 Å². The average molecular weight is 364 g/mol. The van der Waals surface area contributed by atoms with Crippen LogP contribution < -0.4 is 5.32 Å². The number of hydrogen-bond acceptors (Lipinski definition) is 2. The first-order valence-corrected chi connectivity index (χ1v) is 8.36. The number of carboxylic acid groups (broad SMARTS) is 1. The highest BCUT2D eigenvalue weighted by Gasteiger charge is 2.35. The van der Waals surface area contributed by atoms with Crippen molar-refractivity contribution in [3.05, 3.63) is 71.0 Å². The maximum Gasteiger partial charge on any atom is 0.407 e. The predicted molar refractivity (Wildman–Crippen MR) is 90.3 cm³/mol. The summed E-state index contributed by atoms with van der Waals surface area (Å²) < 4.78 is 41.2. The molecule has 1 heterocycles. The van der Waals surface area contributed by atoms with Crippen LogP contribution in [0.15, 0.2) is 42.5 Å². The summed E-state index contributed by atoms with van der Waals surface area (Å²) >= 11 is 0. The van der Waals surface area contributed by atoms with E-state index in [2.05, 4.69) is 5.32 Å². The zero-order valence-electron chi connectivity index (χ0n) is 14.0. The Hall–Kier alpha value is -2.54. The van der Waals surface area contributed by atoms with Crippen molar-refractivity contribution in [3.8, 4) is 0 Å². The molecule has 1 fully saturated rings. The first-order valence-electron chi connectivity index (χ1n) is 8.36. The van der Waals surface area contributed by atoms with Gasteiger partial charge in [-0.2, -0.15) is 0 Å². The summed E-state index contributed by atoms with van der Waals surface area (Å²) in [6.45, 7) is 0.977. The van der Waals surface area contributed by atoms with Crippen molar-refractivity contribution < 1.29 is 23.1 Å². The highest BCUT2D eigenvalue weighted by atomic mass is 19.2. The number of carbonyl (C=O) groups is 1. The van der Waals surface area contributed by atoms with Crippen molar-refractivity contribution in [2.45, 2.75) is 24.9 Å². The van der Waals surface area contributed by atoms with Crippen LogP contribution in [0.4, 0.5) is 18.0 Å². The predicted octanol–water partition coefficient (Wildman–Crippen LogP) is 3.73. The molecule has 4 nitrogen and oxygen atoms in total. The average Bonchev–Trinajstić information content (AvgIpc) is 2.63. The summed E-state index contributed by atoms with van der Waals surface area (Å²) in [5, 5.41) is 12.8. The zero-order chi connectivity index (χ0) is 18.7. The van der Waals surface area contributed by atoms with Gasteiger partial charge in [0.25, 0.3) is 0 Å². The van der Waals surface area contributed by atoms with Gasteiger partial charge in [0.1, 0.15) is 5.82 Å². The van der Waals surface area contributed by atoms with E-state index >= 15 is 0 Å². The molecule has 3 rings (SSSR count). The van der Waals surface area contributed by atoms with Gasteiger partial charge in [0.05, 0.1) is 6.04 Å². The molecule has 7 heteroatoms. The van der Waals surface area contributed by atoms with Gasteiger partial charge in [-0.15, -0.1) is 0 Å². The zero-order valence-corrected chi connectivity index (χ0v) is 14.0. The van der Waals surface area contributed by atoms with Crippen LogP contribution >= 0.6 is 0 Å². The molecule has 0 bridgehead atoms. The highest BCUT2D eigenvalue weighted by molar-refractivity contribution is 5.66. The highest BCUT2D eigenvalue weighted by Crippen LogP contribution is 2.32. The molecule has 0 aliphatic carbocycles. The third-order valence-corrected chi connectivity index (χ3v) is 4.73. The Bertz CT molecular complexity index is 786. The SMILES string of the molecule is O=C(O)N(Cc1ccccc1)[C@H]1CNCC[C@@H]1c1cc(F)c(F)cc1F. The second kappa shape index (κ2) is 7.78. The summed E-state index contributed by atoms with van der Waals surface area (Å²) in [4.78, 5) is 13.1. The fourth-order valence-corrected chi connectivity index (χ4v) is 3.46. The standard InChI is InChI=1S/C19H19F3N2O2/c20-15-9-17(22)16(21)8-14(15)13-6-7-23-10-18(13)24(19(25)26)11-12-4-2-1-3-5-12/h1-5,8-9,13,18,23H,6-7,10-11H2,(H,25,26)/t13-,18+/m1/s1. The van der Waals surface area contributed by atoms with Gasteiger partial charge in [-0.3, -0.25) is 4.90 Å². The number of hydrogen-bond donors (Lipinski definition) is 2. The van der Waals surface area contributed by atoms with Crippen molar-refractivity contribution in [1.82, 2.24) is 10.2 Å². The lowest BCUT2D eigenvalue weighted by Gasteiger charge is -2.39. The minimum Gasteiger partial charge on any atom is -0.465 e. The molecule has 2 N–H and O–H groups in total. The Kier molecular flexibility index (Phi) is 5.46. The van der Waals surface area contributed by atoms with Gasteiger partial charge in [0.2, 0.25) is 0 Å². The largest absolute Gasteiger partial charge is 0.465 e. The van der Waals surface area contributed by atoms with Crippen molar-refractivity contribution in [3.63, 3.8) is 0 Å². The van der Waals surface area contributed by atoms with Crippen LogP contribution in [0, 0.1) is 17.5 Å². The number of piperidine rings is 1. The van der Waals surface area contributed by atoms with Crippen LogP contribution in [0.25, 0.3) is 0 Å². The summed E-state index contributed by atoms with van der Waals surface area (Å²) in [5.41, 5.74) is 0.805. The quantitative estimate of drug-likeness (QED) is 0.813. The molecule has 0 aromatic heterocycles. The Balaban J connectivity index is 1.94. The van der Waals surface area contributed by atoms with E-state index in [0.717, 1.165) is 11.6 Å². The summed E-state index contributed by atoms with van der Waals surface area (Å²) in [5.74, 6) is -3.81. The van der Waals surface area contributed by atoms with E-state index in [1.165, 1.54) is 4.90 Å².